The number of hydrogen-bond donors (Lipinski definition) is 2. The first-order valence-electron chi connectivity index (χ1n) is 5.09. The maximum atomic E-state index is 11.7. The molecule has 0 aliphatic rings. The SMILES string of the molecule is CC(NC(=O)c1ccco1)C(=O)Nc1cnns1. The molecule has 2 rings (SSSR count). The van der Waals surface area contributed by atoms with E-state index in [1.165, 1.54) is 18.5 Å². The zero-order chi connectivity index (χ0) is 13.0. The molecule has 0 aromatic carbocycles. The molecule has 0 saturated carbocycles. The van der Waals surface area contributed by atoms with E-state index in [0.717, 1.165) is 11.5 Å². The predicted octanol–water partition coefficient (Wildman–Crippen LogP) is 0.888. The van der Waals surface area contributed by atoms with E-state index < -0.39 is 11.9 Å². The van der Waals surface area contributed by atoms with Gasteiger partial charge in [-0.05, 0) is 19.1 Å². The molecule has 2 aromatic rings. The number of aromatic nitrogens is 2. The number of carbonyl (C=O) groups excluding carboxylic acids is 2. The Kier molecular flexibility index (Phi) is 3.68. The lowest BCUT2D eigenvalue weighted by Crippen LogP contribution is -2.41. The van der Waals surface area contributed by atoms with Crippen LogP contribution in [-0.2, 0) is 4.79 Å². The van der Waals surface area contributed by atoms with E-state index in [2.05, 4.69) is 20.2 Å². The minimum atomic E-state index is -0.690. The van der Waals surface area contributed by atoms with Crippen LogP contribution in [0.5, 0.6) is 0 Å². The van der Waals surface area contributed by atoms with Crippen LogP contribution in [0.25, 0.3) is 0 Å². The third-order valence-electron chi connectivity index (χ3n) is 2.09. The summed E-state index contributed by atoms with van der Waals surface area (Å²) in [6.45, 7) is 1.57. The highest BCUT2D eigenvalue weighted by Gasteiger charge is 2.18. The Balaban J connectivity index is 1.89. The molecule has 0 bridgehead atoms. The number of hydrogen-bond acceptors (Lipinski definition) is 6. The van der Waals surface area contributed by atoms with E-state index in [9.17, 15) is 9.59 Å². The summed E-state index contributed by atoms with van der Waals surface area (Å²) >= 11 is 1.06. The van der Waals surface area contributed by atoms with Gasteiger partial charge in [0.05, 0.1) is 12.5 Å². The highest BCUT2D eigenvalue weighted by atomic mass is 32.1. The zero-order valence-corrected chi connectivity index (χ0v) is 10.2. The summed E-state index contributed by atoms with van der Waals surface area (Å²) in [5.41, 5.74) is 0. The third-order valence-corrected chi connectivity index (χ3v) is 2.67. The number of nitrogens with zero attached hydrogens (tertiary/aromatic N) is 2. The fourth-order valence-corrected chi connectivity index (χ4v) is 1.62. The lowest BCUT2D eigenvalue weighted by Gasteiger charge is -2.11. The van der Waals surface area contributed by atoms with Crippen LogP contribution in [0.1, 0.15) is 17.5 Å². The van der Waals surface area contributed by atoms with E-state index in [1.54, 1.807) is 13.0 Å². The standard InChI is InChI=1S/C10H10N4O3S/c1-6(9(15)13-8-5-11-14-18-8)12-10(16)7-3-2-4-17-7/h2-6H,1H3,(H,12,16)(H,13,15). The van der Waals surface area contributed by atoms with Crippen LogP contribution in [0.3, 0.4) is 0 Å². The summed E-state index contributed by atoms with van der Waals surface area (Å²) < 4.78 is 8.53. The topological polar surface area (TPSA) is 97.1 Å². The highest BCUT2D eigenvalue weighted by Crippen LogP contribution is 2.09. The van der Waals surface area contributed by atoms with Crippen molar-refractivity contribution in [2.75, 3.05) is 5.32 Å². The lowest BCUT2D eigenvalue weighted by atomic mass is 10.3. The van der Waals surface area contributed by atoms with E-state index in [-0.39, 0.29) is 11.7 Å². The van der Waals surface area contributed by atoms with Crippen molar-refractivity contribution in [3.05, 3.63) is 30.4 Å². The Hall–Kier alpha value is -2.22. The summed E-state index contributed by atoms with van der Waals surface area (Å²) in [5.74, 6) is -0.625. The van der Waals surface area contributed by atoms with Crippen LogP contribution in [-0.4, -0.2) is 27.4 Å². The first-order valence-corrected chi connectivity index (χ1v) is 5.87. The molecule has 0 saturated heterocycles. The van der Waals surface area contributed by atoms with Crippen LogP contribution in [0, 0.1) is 0 Å². The minimum absolute atomic E-state index is 0.161. The maximum Gasteiger partial charge on any atom is 0.287 e. The quantitative estimate of drug-likeness (QED) is 0.856. The van der Waals surface area contributed by atoms with Gasteiger partial charge in [0, 0.05) is 11.5 Å². The second-order valence-corrected chi connectivity index (χ2v) is 4.23. The van der Waals surface area contributed by atoms with E-state index in [4.69, 9.17) is 4.42 Å². The van der Waals surface area contributed by atoms with Crippen LogP contribution in [0.2, 0.25) is 0 Å². The molecule has 0 fully saturated rings. The summed E-state index contributed by atoms with van der Waals surface area (Å²) in [6.07, 6.45) is 2.83. The van der Waals surface area contributed by atoms with Crippen molar-refractivity contribution in [2.45, 2.75) is 13.0 Å². The molecule has 2 aromatic heterocycles. The average Bonchev–Trinajstić information content (AvgIpc) is 3.01. The fraction of sp³-hybridized carbons (Fsp3) is 0.200. The molecular weight excluding hydrogens is 256 g/mol. The van der Waals surface area contributed by atoms with Crippen LogP contribution in [0.4, 0.5) is 5.00 Å². The van der Waals surface area contributed by atoms with Crippen molar-refractivity contribution in [1.82, 2.24) is 14.9 Å². The first-order chi connectivity index (χ1) is 8.66. The van der Waals surface area contributed by atoms with Gasteiger partial charge in [0.1, 0.15) is 11.0 Å². The smallest absolute Gasteiger partial charge is 0.287 e. The molecule has 94 valence electrons. The molecule has 1 atom stereocenters. The predicted molar refractivity (Wildman–Crippen MR) is 64.2 cm³/mol. The number of anilines is 1. The van der Waals surface area contributed by atoms with Crippen LogP contribution < -0.4 is 10.6 Å². The fourth-order valence-electron chi connectivity index (χ4n) is 1.19. The van der Waals surface area contributed by atoms with Gasteiger partial charge in [0.25, 0.3) is 5.91 Å². The van der Waals surface area contributed by atoms with Gasteiger partial charge in [0.2, 0.25) is 5.91 Å². The van der Waals surface area contributed by atoms with Gasteiger partial charge < -0.3 is 15.1 Å². The zero-order valence-electron chi connectivity index (χ0n) is 9.41. The van der Waals surface area contributed by atoms with Gasteiger partial charge in [-0.15, -0.1) is 5.10 Å². The van der Waals surface area contributed by atoms with Gasteiger partial charge in [-0.1, -0.05) is 4.49 Å². The Morgan fingerprint density at radius 3 is 2.94 bits per heavy atom. The van der Waals surface area contributed by atoms with Crippen molar-refractivity contribution in [3.63, 3.8) is 0 Å². The molecular formula is C10H10N4O3S. The van der Waals surface area contributed by atoms with Crippen molar-refractivity contribution < 1.29 is 14.0 Å². The number of nitrogens with one attached hydrogen (secondary N) is 2. The monoisotopic (exact) mass is 266 g/mol. The number of amides is 2. The van der Waals surface area contributed by atoms with Crippen molar-refractivity contribution in [3.8, 4) is 0 Å². The summed E-state index contributed by atoms with van der Waals surface area (Å²) in [7, 11) is 0. The van der Waals surface area contributed by atoms with E-state index in [1.807, 2.05) is 0 Å². The number of rotatable bonds is 4. The van der Waals surface area contributed by atoms with Crippen LogP contribution in [0.15, 0.2) is 29.0 Å². The lowest BCUT2D eigenvalue weighted by molar-refractivity contribution is -0.117. The minimum Gasteiger partial charge on any atom is -0.459 e. The molecule has 2 heterocycles. The van der Waals surface area contributed by atoms with Crippen molar-refractivity contribution in [1.29, 1.82) is 0 Å². The summed E-state index contributed by atoms with van der Waals surface area (Å²) in [4.78, 5) is 23.3. The molecule has 0 aliphatic carbocycles. The van der Waals surface area contributed by atoms with Gasteiger partial charge >= 0.3 is 0 Å². The van der Waals surface area contributed by atoms with Crippen molar-refractivity contribution in [2.24, 2.45) is 0 Å². The Morgan fingerprint density at radius 1 is 1.50 bits per heavy atom. The van der Waals surface area contributed by atoms with E-state index in [0.29, 0.717) is 5.00 Å². The summed E-state index contributed by atoms with van der Waals surface area (Å²) in [6, 6.07) is 2.43. The summed E-state index contributed by atoms with van der Waals surface area (Å²) in [5, 5.41) is 9.21. The molecule has 0 aliphatic heterocycles. The number of carbonyl (C=O) groups is 2. The molecule has 8 heteroatoms. The average molecular weight is 266 g/mol. The number of furan rings is 1. The Labute approximate surface area is 106 Å². The first kappa shape index (κ1) is 12.2. The molecule has 18 heavy (non-hydrogen) atoms. The highest BCUT2D eigenvalue weighted by molar-refractivity contribution is 7.10. The Bertz CT molecular complexity index is 523. The molecule has 1 unspecified atom stereocenters. The third kappa shape index (κ3) is 2.92. The van der Waals surface area contributed by atoms with Gasteiger partial charge in [-0.3, -0.25) is 9.59 Å². The molecule has 0 spiro atoms. The second-order valence-electron chi connectivity index (χ2n) is 3.44. The Morgan fingerprint density at radius 2 is 2.33 bits per heavy atom. The van der Waals surface area contributed by atoms with E-state index >= 15 is 0 Å². The normalized spacial score (nSPS) is 11.8. The second kappa shape index (κ2) is 5.41. The molecule has 7 nitrogen and oxygen atoms in total. The van der Waals surface area contributed by atoms with Gasteiger partial charge in [0.15, 0.2) is 5.76 Å². The maximum absolute atomic E-state index is 11.7. The molecule has 2 N–H and O–H groups in total. The molecule has 0 radical (unpaired) electrons. The molecule has 2 amide bonds. The van der Waals surface area contributed by atoms with Gasteiger partial charge in [-0.2, -0.15) is 0 Å². The largest absolute Gasteiger partial charge is 0.459 e. The van der Waals surface area contributed by atoms with Crippen LogP contribution >= 0.6 is 11.5 Å². The van der Waals surface area contributed by atoms with Gasteiger partial charge in [-0.25, -0.2) is 0 Å². The van der Waals surface area contributed by atoms with Crippen molar-refractivity contribution >= 4 is 28.3 Å².